The molecule has 0 atom stereocenters. The van der Waals surface area contributed by atoms with Crippen LogP contribution in [0.15, 0.2) is 59.3 Å². The van der Waals surface area contributed by atoms with Crippen LogP contribution in [-0.2, 0) is 6.42 Å². The number of furan rings is 1. The molecule has 0 unspecified atom stereocenters. The number of anilines is 2. The quantitative estimate of drug-likeness (QED) is 0.692. The molecule has 1 saturated heterocycles. The van der Waals surface area contributed by atoms with E-state index >= 15 is 0 Å². The summed E-state index contributed by atoms with van der Waals surface area (Å²) in [6, 6.07) is 12.0. The SMILES string of the molecule is O=C(c1ccco1)N1CCN(c2ccnc(NCCc3ccccc3F)n2)CC1. The minimum absolute atomic E-state index is 0.0900. The molecule has 3 heterocycles. The van der Waals surface area contributed by atoms with Gasteiger partial charge in [0.25, 0.3) is 5.91 Å². The van der Waals surface area contributed by atoms with E-state index in [4.69, 9.17) is 4.42 Å². The Hall–Kier alpha value is -3.42. The van der Waals surface area contributed by atoms with Crippen LogP contribution in [0.25, 0.3) is 0 Å². The minimum atomic E-state index is -0.203. The molecule has 4 rings (SSSR count). The summed E-state index contributed by atoms with van der Waals surface area (Å²) in [6.07, 6.45) is 3.76. The normalized spacial score (nSPS) is 14.1. The molecule has 0 aliphatic carbocycles. The van der Waals surface area contributed by atoms with Gasteiger partial charge in [-0.15, -0.1) is 0 Å². The van der Waals surface area contributed by atoms with Crippen molar-refractivity contribution in [3.8, 4) is 0 Å². The number of nitrogens with zero attached hydrogens (tertiary/aromatic N) is 4. The molecule has 29 heavy (non-hydrogen) atoms. The third kappa shape index (κ3) is 4.53. The van der Waals surface area contributed by atoms with Crippen molar-refractivity contribution >= 4 is 17.7 Å². The highest BCUT2D eigenvalue weighted by molar-refractivity contribution is 5.91. The number of rotatable bonds is 6. The average Bonchev–Trinajstić information content (AvgIpc) is 3.30. The molecule has 2 aromatic heterocycles. The van der Waals surface area contributed by atoms with Gasteiger partial charge in [-0.2, -0.15) is 4.98 Å². The predicted molar refractivity (Wildman–Crippen MR) is 107 cm³/mol. The Morgan fingerprint density at radius 1 is 1.10 bits per heavy atom. The van der Waals surface area contributed by atoms with E-state index in [1.165, 1.54) is 12.3 Å². The van der Waals surface area contributed by atoms with E-state index < -0.39 is 0 Å². The maximum Gasteiger partial charge on any atom is 0.289 e. The first-order valence-electron chi connectivity index (χ1n) is 9.59. The highest BCUT2D eigenvalue weighted by atomic mass is 19.1. The first kappa shape index (κ1) is 18.9. The molecule has 1 N–H and O–H groups in total. The van der Waals surface area contributed by atoms with Crippen molar-refractivity contribution in [1.29, 1.82) is 0 Å². The number of hydrogen-bond acceptors (Lipinski definition) is 6. The highest BCUT2D eigenvalue weighted by Crippen LogP contribution is 2.16. The number of amides is 1. The van der Waals surface area contributed by atoms with Crippen LogP contribution < -0.4 is 10.2 Å². The maximum absolute atomic E-state index is 13.7. The summed E-state index contributed by atoms with van der Waals surface area (Å²) < 4.78 is 18.9. The van der Waals surface area contributed by atoms with Gasteiger partial charge in [0, 0.05) is 38.9 Å². The number of hydrogen-bond donors (Lipinski definition) is 1. The van der Waals surface area contributed by atoms with Crippen molar-refractivity contribution in [2.24, 2.45) is 0 Å². The maximum atomic E-state index is 13.7. The molecule has 1 aliphatic heterocycles. The second kappa shape index (κ2) is 8.72. The summed E-state index contributed by atoms with van der Waals surface area (Å²) in [5.74, 6) is 1.38. The topological polar surface area (TPSA) is 74.5 Å². The largest absolute Gasteiger partial charge is 0.459 e. The molecule has 0 spiro atoms. The van der Waals surface area contributed by atoms with E-state index in [0.29, 0.717) is 56.4 Å². The van der Waals surface area contributed by atoms with Crippen LogP contribution in [0.1, 0.15) is 16.1 Å². The van der Waals surface area contributed by atoms with Crippen LogP contribution in [-0.4, -0.2) is 53.5 Å². The molecule has 150 valence electrons. The lowest BCUT2D eigenvalue weighted by molar-refractivity contribution is 0.0714. The van der Waals surface area contributed by atoms with Crippen LogP contribution in [0, 0.1) is 5.82 Å². The first-order valence-corrected chi connectivity index (χ1v) is 9.59. The fourth-order valence-corrected chi connectivity index (χ4v) is 3.32. The van der Waals surface area contributed by atoms with E-state index in [1.54, 1.807) is 35.4 Å². The average molecular weight is 395 g/mol. The minimum Gasteiger partial charge on any atom is -0.459 e. The number of nitrogens with one attached hydrogen (secondary N) is 1. The molecule has 7 nitrogen and oxygen atoms in total. The van der Waals surface area contributed by atoms with Crippen molar-refractivity contribution in [1.82, 2.24) is 14.9 Å². The molecule has 1 amide bonds. The van der Waals surface area contributed by atoms with Crippen molar-refractivity contribution in [2.45, 2.75) is 6.42 Å². The number of piperazine rings is 1. The van der Waals surface area contributed by atoms with E-state index in [9.17, 15) is 9.18 Å². The highest BCUT2D eigenvalue weighted by Gasteiger charge is 2.24. The van der Waals surface area contributed by atoms with Crippen molar-refractivity contribution in [3.63, 3.8) is 0 Å². The lowest BCUT2D eigenvalue weighted by Crippen LogP contribution is -2.49. The Kier molecular flexibility index (Phi) is 5.69. The second-order valence-electron chi connectivity index (χ2n) is 6.76. The number of aromatic nitrogens is 2. The van der Waals surface area contributed by atoms with Gasteiger partial charge in [-0.25, -0.2) is 9.37 Å². The summed E-state index contributed by atoms with van der Waals surface area (Å²) in [5.41, 5.74) is 0.661. The van der Waals surface area contributed by atoms with Crippen molar-refractivity contribution < 1.29 is 13.6 Å². The van der Waals surface area contributed by atoms with Gasteiger partial charge in [0.05, 0.1) is 6.26 Å². The molecule has 0 bridgehead atoms. The van der Waals surface area contributed by atoms with Gasteiger partial charge in [0.1, 0.15) is 11.6 Å². The summed E-state index contributed by atoms with van der Waals surface area (Å²) in [7, 11) is 0. The van der Waals surface area contributed by atoms with Crippen LogP contribution in [0.5, 0.6) is 0 Å². The van der Waals surface area contributed by atoms with Gasteiger partial charge in [0.2, 0.25) is 5.95 Å². The molecule has 1 aliphatic rings. The smallest absolute Gasteiger partial charge is 0.289 e. The van der Waals surface area contributed by atoms with Crippen molar-refractivity contribution in [3.05, 3.63) is 72.1 Å². The van der Waals surface area contributed by atoms with Gasteiger partial charge in [-0.1, -0.05) is 18.2 Å². The molecule has 1 fully saturated rings. The summed E-state index contributed by atoms with van der Waals surface area (Å²) in [6.45, 7) is 3.09. The molecule has 0 radical (unpaired) electrons. The standard InChI is InChI=1S/C21H22FN5O2/c22-17-5-2-1-4-16(17)7-9-23-21-24-10-8-19(25-21)26-11-13-27(14-12-26)20(28)18-6-3-15-29-18/h1-6,8,10,15H,7,9,11-14H2,(H,23,24,25). The molecule has 3 aromatic rings. The van der Waals surface area contributed by atoms with Crippen LogP contribution in [0.2, 0.25) is 0 Å². The Morgan fingerprint density at radius 2 is 1.93 bits per heavy atom. The van der Waals surface area contributed by atoms with Gasteiger partial charge >= 0.3 is 0 Å². The number of benzene rings is 1. The molecule has 1 aromatic carbocycles. The van der Waals surface area contributed by atoms with Crippen LogP contribution in [0.3, 0.4) is 0 Å². The van der Waals surface area contributed by atoms with Gasteiger partial charge in [-0.05, 0) is 36.2 Å². The lowest BCUT2D eigenvalue weighted by Gasteiger charge is -2.35. The zero-order chi connectivity index (χ0) is 20.1. The second-order valence-corrected chi connectivity index (χ2v) is 6.76. The van der Waals surface area contributed by atoms with Gasteiger partial charge in [-0.3, -0.25) is 4.79 Å². The fourth-order valence-electron chi connectivity index (χ4n) is 3.32. The van der Waals surface area contributed by atoms with Gasteiger partial charge in [0.15, 0.2) is 5.76 Å². The number of carbonyl (C=O) groups is 1. The Balaban J connectivity index is 1.31. The van der Waals surface area contributed by atoms with Crippen LogP contribution >= 0.6 is 0 Å². The zero-order valence-corrected chi connectivity index (χ0v) is 15.9. The van der Waals surface area contributed by atoms with Crippen LogP contribution in [0.4, 0.5) is 16.2 Å². The summed E-state index contributed by atoms with van der Waals surface area (Å²) in [4.78, 5) is 25.1. The fraction of sp³-hybridized carbons (Fsp3) is 0.286. The van der Waals surface area contributed by atoms with E-state index in [0.717, 1.165) is 5.82 Å². The third-order valence-electron chi connectivity index (χ3n) is 4.90. The van der Waals surface area contributed by atoms with Gasteiger partial charge < -0.3 is 19.5 Å². The molecular weight excluding hydrogens is 373 g/mol. The number of carbonyl (C=O) groups excluding carboxylic acids is 1. The first-order chi connectivity index (χ1) is 14.2. The van der Waals surface area contributed by atoms with E-state index in [2.05, 4.69) is 20.2 Å². The summed E-state index contributed by atoms with van der Waals surface area (Å²) >= 11 is 0. The Bertz CT molecular complexity index is 955. The molecule has 0 saturated carbocycles. The molecular formula is C21H22FN5O2. The van der Waals surface area contributed by atoms with E-state index in [-0.39, 0.29) is 11.7 Å². The monoisotopic (exact) mass is 395 g/mol. The zero-order valence-electron chi connectivity index (χ0n) is 15.9. The van der Waals surface area contributed by atoms with Crippen molar-refractivity contribution in [2.75, 3.05) is 42.9 Å². The number of halogens is 1. The summed E-state index contributed by atoms with van der Waals surface area (Å²) in [5, 5.41) is 3.15. The van der Waals surface area contributed by atoms with E-state index in [1.807, 2.05) is 12.1 Å². The predicted octanol–water partition coefficient (Wildman–Crippen LogP) is 2.83. The Morgan fingerprint density at radius 3 is 2.69 bits per heavy atom. The Labute approximate surface area is 168 Å². The third-order valence-corrected chi connectivity index (χ3v) is 4.90. The molecule has 8 heteroatoms. The lowest BCUT2D eigenvalue weighted by atomic mass is 10.1.